The Kier molecular flexibility index (Phi) is 7.99. The third kappa shape index (κ3) is 6.68. The summed E-state index contributed by atoms with van der Waals surface area (Å²) in [6.07, 6.45) is 0.0858. The Labute approximate surface area is 176 Å². The minimum atomic E-state index is -1.34. The number of hydrogen-bond acceptors (Lipinski definition) is 4. The lowest BCUT2D eigenvalue weighted by molar-refractivity contribution is -0.143. The van der Waals surface area contributed by atoms with Crippen molar-refractivity contribution in [3.8, 4) is 11.5 Å². The van der Waals surface area contributed by atoms with Gasteiger partial charge in [-0.1, -0.05) is 30.3 Å². The zero-order chi connectivity index (χ0) is 21.6. The number of rotatable bonds is 8. The van der Waals surface area contributed by atoms with Crippen molar-refractivity contribution in [2.75, 3.05) is 6.61 Å². The molecule has 2 rings (SSSR count). The zero-order valence-electron chi connectivity index (χ0n) is 18.1. The van der Waals surface area contributed by atoms with E-state index >= 15 is 0 Å². The predicted octanol–water partition coefficient (Wildman–Crippen LogP) is 5.14. The van der Waals surface area contributed by atoms with E-state index in [0.29, 0.717) is 12.4 Å². The maximum atomic E-state index is 12.7. The molecule has 0 fully saturated rings. The fourth-order valence-corrected chi connectivity index (χ4v) is 3.62. The first kappa shape index (κ1) is 23.1. The first-order valence-electron chi connectivity index (χ1n) is 9.79. The van der Waals surface area contributed by atoms with E-state index in [-0.39, 0.29) is 12.4 Å². The van der Waals surface area contributed by atoms with Gasteiger partial charge in [0, 0.05) is 0 Å². The van der Waals surface area contributed by atoms with Crippen molar-refractivity contribution in [3.05, 3.63) is 59.2 Å². The fraction of sp³-hybridized carbons (Fsp3) is 0.435. The normalized spacial score (nSPS) is 13.6. The molecule has 0 saturated heterocycles. The van der Waals surface area contributed by atoms with E-state index in [2.05, 4.69) is 4.72 Å². The molecule has 1 N–H and O–H groups in total. The molecule has 2 aromatic carbocycles. The molecule has 2 aromatic rings. The Balaban J connectivity index is 2.31. The van der Waals surface area contributed by atoms with Gasteiger partial charge >= 0.3 is 5.97 Å². The Morgan fingerprint density at radius 1 is 1.10 bits per heavy atom. The lowest BCUT2D eigenvalue weighted by Crippen LogP contribution is -2.36. The summed E-state index contributed by atoms with van der Waals surface area (Å²) in [6.45, 7) is 11.7. The molecule has 6 heteroatoms. The van der Waals surface area contributed by atoms with Crippen LogP contribution in [0.1, 0.15) is 56.8 Å². The van der Waals surface area contributed by atoms with Crippen LogP contribution in [-0.4, -0.2) is 21.5 Å². The van der Waals surface area contributed by atoms with Crippen LogP contribution in [0.4, 0.5) is 0 Å². The first-order chi connectivity index (χ1) is 13.6. The van der Waals surface area contributed by atoms with Gasteiger partial charge in [0.2, 0.25) is 0 Å². The highest BCUT2D eigenvalue weighted by molar-refractivity contribution is 7.84. The highest BCUT2D eigenvalue weighted by Crippen LogP contribution is 2.31. The van der Waals surface area contributed by atoms with E-state index in [1.807, 2.05) is 77.1 Å². The highest BCUT2D eigenvalue weighted by atomic mass is 32.2. The van der Waals surface area contributed by atoms with Gasteiger partial charge < -0.3 is 9.47 Å². The van der Waals surface area contributed by atoms with Gasteiger partial charge in [0.1, 0.15) is 11.5 Å². The second-order valence-corrected chi connectivity index (χ2v) is 9.95. The summed E-state index contributed by atoms with van der Waals surface area (Å²) in [7, 11) is -1.34. The van der Waals surface area contributed by atoms with Crippen molar-refractivity contribution in [2.24, 2.45) is 0 Å². The van der Waals surface area contributed by atoms with Crippen LogP contribution >= 0.6 is 0 Å². The van der Waals surface area contributed by atoms with Crippen molar-refractivity contribution in [3.63, 3.8) is 0 Å². The average molecular weight is 418 g/mol. The Bertz CT molecular complexity index is 853. The Hall–Kier alpha value is -2.18. The Morgan fingerprint density at radius 2 is 1.72 bits per heavy atom. The Morgan fingerprint density at radius 3 is 2.31 bits per heavy atom. The van der Waals surface area contributed by atoms with Crippen LogP contribution in [-0.2, 0) is 20.5 Å². The van der Waals surface area contributed by atoms with Crippen LogP contribution in [0.15, 0.2) is 42.5 Å². The van der Waals surface area contributed by atoms with Gasteiger partial charge in [-0.2, -0.15) is 0 Å². The molecule has 0 unspecified atom stereocenters. The average Bonchev–Trinajstić information content (AvgIpc) is 2.64. The smallest absolute Gasteiger partial charge is 0.307 e. The van der Waals surface area contributed by atoms with Gasteiger partial charge in [-0.15, -0.1) is 0 Å². The molecule has 2 atom stereocenters. The molecule has 0 aromatic heterocycles. The number of carbonyl (C=O) groups excluding carboxylic acids is 1. The second-order valence-electron chi connectivity index (χ2n) is 7.96. The molecule has 0 aliphatic heterocycles. The highest BCUT2D eigenvalue weighted by Gasteiger charge is 2.26. The summed E-state index contributed by atoms with van der Waals surface area (Å²) in [6, 6.07) is 13.1. The van der Waals surface area contributed by atoms with Crippen LogP contribution in [0.3, 0.4) is 0 Å². The summed E-state index contributed by atoms with van der Waals surface area (Å²) in [4.78, 5) is 12.1. The first-order valence-corrected chi connectivity index (χ1v) is 10.9. The molecule has 5 nitrogen and oxygen atoms in total. The number of para-hydroxylation sites is 1. The summed E-state index contributed by atoms with van der Waals surface area (Å²) in [5.74, 6) is 1.15. The number of hydrogen-bond donors (Lipinski definition) is 1. The number of esters is 1. The van der Waals surface area contributed by atoms with Crippen molar-refractivity contribution in [2.45, 2.75) is 58.8 Å². The van der Waals surface area contributed by atoms with E-state index in [1.165, 1.54) is 0 Å². The molecule has 0 spiro atoms. The van der Waals surface area contributed by atoms with Gasteiger partial charge in [0.15, 0.2) is 0 Å². The molecule has 0 aliphatic carbocycles. The van der Waals surface area contributed by atoms with Gasteiger partial charge in [0.25, 0.3) is 0 Å². The molecule has 0 amide bonds. The summed E-state index contributed by atoms with van der Waals surface area (Å²) >= 11 is 0. The molecule has 0 saturated carbocycles. The van der Waals surface area contributed by atoms with Crippen molar-refractivity contribution in [1.29, 1.82) is 0 Å². The van der Waals surface area contributed by atoms with Crippen molar-refractivity contribution >= 4 is 17.0 Å². The van der Waals surface area contributed by atoms with Crippen LogP contribution in [0, 0.1) is 13.8 Å². The van der Waals surface area contributed by atoms with E-state index in [1.54, 1.807) is 6.92 Å². The van der Waals surface area contributed by atoms with Gasteiger partial charge in [0.05, 0.1) is 34.8 Å². The molecule has 29 heavy (non-hydrogen) atoms. The van der Waals surface area contributed by atoms with Crippen LogP contribution in [0.25, 0.3) is 0 Å². The molecular weight excluding hydrogens is 386 g/mol. The zero-order valence-corrected chi connectivity index (χ0v) is 18.9. The third-order valence-electron chi connectivity index (χ3n) is 4.37. The lowest BCUT2D eigenvalue weighted by atomic mass is 10.0. The maximum Gasteiger partial charge on any atom is 0.307 e. The summed E-state index contributed by atoms with van der Waals surface area (Å²) in [5, 5.41) is 0. The lowest BCUT2D eigenvalue weighted by Gasteiger charge is -2.24. The second kappa shape index (κ2) is 10.0. The third-order valence-corrected chi connectivity index (χ3v) is 5.98. The topological polar surface area (TPSA) is 64.6 Å². The fourth-order valence-electron chi connectivity index (χ4n) is 2.79. The minimum absolute atomic E-state index is 0.0858. The van der Waals surface area contributed by atoms with Crippen LogP contribution in [0.2, 0.25) is 0 Å². The number of benzene rings is 2. The SMILES string of the molecule is CCOC(=O)C[C@H](N[S@](=O)C(C)(C)C)c1cccc(Oc2c(C)cccc2C)c1. The standard InChI is InChI=1S/C23H31NO4S/c1-7-27-21(25)15-20(24-29(26)23(4,5)6)18-12-9-13-19(14-18)28-22-16(2)10-8-11-17(22)3/h8-14,20,24H,7,15H2,1-6H3/t20-,29+/m0/s1. The molecule has 0 bridgehead atoms. The minimum Gasteiger partial charge on any atom is -0.466 e. The summed E-state index contributed by atoms with van der Waals surface area (Å²) < 4.78 is 26.5. The summed E-state index contributed by atoms with van der Waals surface area (Å²) in [5.41, 5.74) is 2.91. The maximum absolute atomic E-state index is 12.7. The largest absolute Gasteiger partial charge is 0.466 e. The number of nitrogens with one attached hydrogen (secondary N) is 1. The van der Waals surface area contributed by atoms with Gasteiger partial charge in [-0.3, -0.25) is 4.79 Å². The molecule has 158 valence electrons. The number of aryl methyl sites for hydroxylation is 2. The quantitative estimate of drug-likeness (QED) is 0.604. The van der Waals surface area contributed by atoms with Crippen molar-refractivity contribution < 1.29 is 18.5 Å². The van der Waals surface area contributed by atoms with E-state index in [9.17, 15) is 9.00 Å². The molecule has 0 aliphatic rings. The predicted molar refractivity (Wildman–Crippen MR) is 117 cm³/mol. The number of ether oxygens (including phenoxy) is 2. The molecular formula is C23H31NO4S. The number of carbonyl (C=O) groups is 1. The van der Waals surface area contributed by atoms with E-state index < -0.39 is 21.8 Å². The monoisotopic (exact) mass is 417 g/mol. The van der Waals surface area contributed by atoms with Gasteiger partial charge in [-0.25, -0.2) is 8.93 Å². The van der Waals surface area contributed by atoms with Gasteiger partial charge in [-0.05, 0) is 70.4 Å². The molecule has 0 heterocycles. The van der Waals surface area contributed by atoms with E-state index in [4.69, 9.17) is 9.47 Å². The van der Waals surface area contributed by atoms with E-state index in [0.717, 1.165) is 22.4 Å². The van der Waals surface area contributed by atoms with Crippen molar-refractivity contribution in [1.82, 2.24) is 4.72 Å². The van der Waals surface area contributed by atoms with Crippen LogP contribution < -0.4 is 9.46 Å². The molecule has 0 radical (unpaired) electrons. The van der Waals surface area contributed by atoms with Crippen LogP contribution in [0.5, 0.6) is 11.5 Å².